The van der Waals surface area contributed by atoms with Crippen molar-refractivity contribution in [3.63, 3.8) is 0 Å². The van der Waals surface area contributed by atoms with Crippen LogP contribution >= 0.6 is 0 Å². The van der Waals surface area contributed by atoms with Gasteiger partial charge >= 0.3 is 6.18 Å². The number of nitrogens with zero attached hydrogens (tertiary/aromatic N) is 3. The minimum Gasteiger partial charge on any atom is -0.370 e. The Labute approximate surface area is 116 Å². The summed E-state index contributed by atoms with van der Waals surface area (Å²) in [5.74, 6) is -0.459. The van der Waals surface area contributed by atoms with Crippen molar-refractivity contribution in [1.82, 2.24) is 9.97 Å². The van der Waals surface area contributed by atoms with E-state index in [2.05, 4.69) is 15.3 Å². The molecule has 20 heavy (non-hydrogen) atoms. The molecule has 1 N–H and O–H groups in total. The predicted molar refractivity (Wildman–Crippen MR) is 71.9 cm³/mol. The predicted octanol–water partition coefficient (Wildman–Crippen LogP) is 3.31. The van der Waals surface area contributed by atoms with E-state index in [-0.39, 0.29) is 5.82 Å². The molecule has 1 aliphatic heterocycles. The first-order chi connectivity index (χ1) is 9.50. The summed E-state index contributed by atoms with van der Waals surface area (Å²) in [4.78, 5) is 9.15. The van der Waals surface area contributed by atoms with E-state index in [1.807, 2.05) is 11.8 Å². The Hall–Kier alpha value is -1.53. The third kappa shape index (κ3) is 3.74. The third-order valence-corrected chi connectivity index (χ3v) is 3.20. The monoisotopic (exact) mass is 288 g/mol. The molecule has 0 unspecified atom stereocenters. The van der Waals surface area contributed by atoms with E-state index >= 15 is 0 Å². The third-order valence-electron chi connectivity index (χ3n) is 3.20. The van der Waals surface area contributed by atoms with E-state index in [0.717, 1.165) is 38.8 Å². The van der Waals surface area contributed by atoms with Crippen LogP contribution in [0.3, 0.4) is 0 Å². The number of rotatable bonds is 4. The molecule has 0 amide bonds. The van der Waals surface area contributed by atoms with Crippen LogP contribution in [0, 0.1) is 0 Å². The zero-order chi connectivity index (χ0) is 14.6. The van der Waals surface area contributed by atoms with Crippen molar-refractivity contribution in [3.05, 3.63) is 11.9 Å². The van der Waals surface area contributed by atoms with Crippen LogP contribution in [0.25, 0.3) is 0 Å². The number of alkyl halides is 3. The number of hydrogen-bond acceptors (Lipinski definition) is 4. The second-order valence-corrected chi connectivity index (χ2v) is 4.91. The van der Waals surface area contributed by atoms with Gasteiger partial charge in [0.05, 0.1) is 0 Å². The second kappa shape index (κ2) is 6.28. The molecule has 112 valence electrons. The maximum Gasteiger partial charge on any atom is 0.451 e. The summed E-state index contributed by atoms with van der Waals surface area (Å²) in [5.41, 5.74) is 0. The van der Waals surface area contributed by atoms with Crippen LogP contribution in [-0.2, 0) is 6.18 Å². The van der Waals surface area contributed by atoms with Crippen molar-refractivity contribution < 1.29 is 13.2 Å². The lowest BCUT2D eigenvalue weighted by Crippen LogP contribution is -2.31. The van der Waals surface area contributed by atoms with Gasteiger partial charge in [-0.3, -0.25) is 0 Å². The molecule has 0 aromatic carbocycles. The molecular weight excluding hydrogens is 269 g/mol. The molecule has 2 heterocycles. The van der Waals surface area contributed by atoms with Gasteiger partial charge in [0, 0.05) is 25.7 Å². The summed E-state index contributed by atoms with van der Waals surface area (Å²) in [5, 5.41) is 2.91. The van der Waals surface area contributed by atoms with E-state index in [9.17, 15) is 13.2 Å². The van der Waals surface area contributed by atoms with Gasteiger partial charge in [-0.05, 0) is 25.7 Å². The first kappa shape index (κ1) is 14.9. The fourth-order valence-electron chi connectivity index (χ4n) is 2.19. The molecule has 0 saturated carbocycles. The Bertz CT molecular complexity index is 442. The van der Waals surface area contributed by atoms with E-state index in [0.29, 0.717) is 12.4 Å². The van der Waals surface area contributed by atoms with Crippen LogP contribution in [0.5, 0.6) is 0 Å². The van der Waals surface area contributed by atoms with Crippen LogP contribution in [0.2, 0.25) is 0 Å². The largest absolute Gasteiger partial charge is 0.451 e. The zero-order valence-electron chi connectivity index (χ0n) is 11.5. The molecule has 1 aliphatic rings. The van der Waals surface area contributed by atoms with Gasteiger partial charge in [0.25, 0.3) is 0 Å². The smallest absolute Gasteiger partial charge is 0.370 e. The number of aromatic nitrogens is 2. The van der Waals surface area contributed by atoms with Gasteiger partial charge < -0.3 is 10.2 Å². The average molecular weight is 288 g/mol. The first-order valence-corrected chi connectivity index (χ1v) is 6.96. The van der Waals surface area contributed by atoms with E-state index in [1.54, 1.807) is 6.07 Å². The molecule has 1 aromatic rings. The van der Waals surface area contributed by atoms with Crippen molar-refractivity contribution in [1.29, 1.82) is 0 Å². The highest BCUT2D eigenvalue weighted by Crippen LogP contribution is 2.30. The minimum absolute atomic E-state index is 0.245. The van der Waals surface area contributed by atoms with Crippen molar-refractivity contribution in [2.24, 2.45) is 0 Å². The lowest BCUT2D eigenvalue weighted by molar-refractivity contribution is -0.144. The van der Waals surface area contributed by atoms with Crippen LogP contribution in [-0.4, -0.2) is 29.6 Å². The maximum absolute atomic E-state index is 12.9. The molecule has 7 heteroatoms. The highest BCUT2D eigenvalue weighted by Gasteiger charge is 2.36. The van der Waals surface area contributed by atoms with Gasteiger partial charge in [-0.25, -0.2) is 9.97 Å². The van der Waals surface area contributed by atoms with Crippen molar-refractivity contribution in [2.75, 3.05) is 29.9 Å². The Balaban J connectivity index is 2.29. The van der Waals surface area contributed by atoms with Crippen LogP contribution in [0.15, 0.2) is 6.07 Å². The Morgan fingerprint density at radius 3 is 2.50 bits per heavy atom. The summed E-state index contributed by atoms with van der Waals surface area (Å²) < 4.78 is 38.6. The number of nitrogens with one attached hydrogen (secondary N) is 1. The van der Waals surface area contributed by atoms with Gasteiger partial charge in [-0.1, -0.05) is 6.92 Å². The molecule has 2 rings (SSSR count). The highest BCUT2D eigenvalue weighted by molar-refractivity contribution is 5.50. The number of hydrogen-bond donors (Lipinski definition) is 1. The molecular formula is C13H19F3N4. The molecule has 4 nitrogen and oxygen atoms in total. The molecule has 1 fully saturated rings. The first-order valence-electron chi connectivity index (χ1n) is 6.96. The van der Waals surface area contributed by atoms with E-state index in [4.69, 9.17) is 0 Å². The van der Waals surface area contributed by atoms with Gasteiger partial charge in [-0.2, -0.15) is 13.2 Å². The minimum atomic E-state index is -4.52. The lowest BCUT2D eigenvalue weighted by atomic mass is 10.1. The van der Waals surface area contributed by atoms with Gasteiger partial charge in [-0.15, -0.1) is 0 Å². The average Bonchev–Trinajstić information content (AvgIpc) is 2.45. The fourth-order valence-corrected chi connectivity index (χ4v) is 2.19. The molecule has 0 atom stereocenters. The van der Waals surface area contributed by atoms with Crippen molar-refractivity contribution in [3.8, 4) is 0 Å². The molecule has 0 radical (unpaired) electrons. The van der Waals surface area contributed by atoms with Crippen LogP contribution < -0.4 is 10.2 Å². The fraction of sp³-hybridized carbons (Fsp3) is 0.692. The normalized spacial score (nSPS) is 16.3. The SMILES string of the molecule is CCCNc1cc(N2CCCCC2)nc(C(F)(F)F)n1. The second-order valence-electron chi connectivity index (χ2n) is 4.91. The molecule has 0 bridgehead atoms. The van der Waals surface area contributed by atoms with E-state index < -0.39 is 12.0 Å². The standard InChI is InChI=1S/C13H19F3N4/c1-2-6-17-10-9-11(20-7-4-3-5-8-20)19-12(18-10)13(14,15)16/h9H,2-8H2,1H3,(H,17,18,19). The topological polar surface area (TPSA) is 41.0 Å². The summed E-state index contributed by atoms with van der Waals surface area (Å²) in [6.45, 7) is 4.04. The Kier molecular flexibility index (Phi) is 4.67. The van der Waals surface area contributed by atoms with Gasteiger partial charge in [0.1, 0.15) is 11.6 Å². The van der Waals surface area contributed by atoms with Crippen LogP contribution in [0.1, 0.15) is 38.4 Å². The van der Waals surface area contributed by atoms with Crippen molar-refractivity contribution in [2.45, 2.75) is 38.8 Å². The maximum atomic E-state index is 12.9. The van der Waals surface area contributed by atoms with Gasteiger partial charge in [0.15, 0.2) is 0 Å². The van der Waals surface area contributed by atoms with Crippen LogP contribution in [0.4, 0.5) is 24.8 Å². The summed E-state index contributed by atoms with van der Waals surface area (Å²) in [6.07, 6.45) is -0.598. The summed E-state index contributed by atoms with van der Waals surface area (Å²) >= 11 is 0. The quantitative estimate of drug-likeness (QED) is 0.923. The highest BCUT2D eigenvalue weighted by atomic mass is 19.4. The van der Waals surface area contributed by atoms with Crippen molar-refractivity contribution >= 4 is 11.6 Å². The molecule has 1 saturated heterocycles. The number of piperidine rings is 1. The Morgan fingerprint density at radius 2 is 1.90 bits per heavy atom. The summed E-state index contributed by atoms with van der Waals surface area (Å²) in [7, 11) is 0. The van der Waals surface area contributed by atoms with E-state index in [1.165, 1.54) is 0 Å². The zero-order valence-corrected chi connectivity index (χ0v) is 11.5. The molecule has 1 aromatic heterocycles. The lowest BCUT2D eigenvalue weighted by Gasteiger charge is -2.28. The summed E-state index contributed by atoms with van der Waals surface area (Å²) in [6, 6.07) is 1.61. The van der Waals surface area contributed by atoms with Gasteiger partial charge in [0.2, 0.25) is 5.82 Å². The number of anilines is 2. The molecule has 0 aliphatic carbocycles. The number of halogens is 3. The molecule has 0 spiro atoms. The Morgan fingerprint density at radius 1 is 1.20 bits per heavy atom.